The Bertz CT molecular complexity index is 378. The molecule has 0 saturated heterocycles. The monoisotopic (exact) mass is 190 g/mol. The van der Waals surface area contributed by atoms with Crippen LogP contribution in [-0.4, -0.2) is 12.7 Å². The van der Waals surface area contributed by atoms with Crippen molar-refractivity contribution in [2.75, 3.05) is 7.11 Å². The summed E-state index contributed by atoms with van der Waals surface area (Å²) in [5.41, 5.74) is 0.879. The van der Waals surface area contributed by atoms with Gasteiger partial charge in [0.25, 0.3) is 0 Å². The van der Waals surface area contributed by atoms with Gasteiger partial charge in [0.2, 0.25) is 0 Å². The molecule has 1 aromatic rings. The van der Waals surface area contributed by atoms with E-state index in [4.69, 9.17) is 9.47 Å². The molecule has 0 unspecified atom stereocenters. The van der Waals surface area contributed by atoms with Gasteiger partial charge < -0.3 is 9.47 Å². The van der Waals surface area contributed by atoms with E-state index in [1.54, 1.807) is 7.11 Å². The van der Waals surface area contributed by atoms with Gasteiger partial charge in [-0.25, -0.2) is 0 Å². The van der Waals surface area contributed by atoms with Crippen molar-refractivity contribution in [1.82, 2.24) is 0 Å². The van der Waals surface area contributed by atoms with E-state index in [1.165, 1.54) is 0 Å². The molecule has 14 heavy (non-hydrogen) atoms. The summed E-state index contributed by atoms with van der Waals surface area (Å²) in [6, 6.07) is 5.85. The topological polar surface area (TPSA) is 18.5 Å². The molecular formula is C12H14O2. The predicted molar refractivity (Wildman–Crippen MR) is 56.7 cm³/mol. The Morgan fingerprint density at radius 3 is 2.79 bits per heavy atom. The molecule has 0 bridgehead atoms. The molecule has 0 fully saturated rings. The average molecular weight is 190 g/mol. The van der Waals surface area contributed by atoms with E-state index >= 15 is 0 Å². The van der Waals surface area contributed by atoms with E-state index < -0.39 is 0 Å². The maximum Gasteiger partial charge on any atom is 0.131 e. The fourth-order valence-electron chi connectivity index (χ4n) is 1.48. The lowest BCUT2D eigenvalue weighted by Crippen LogP contribution is -2.27. The molecule has 0 aliphatic carbocycles. The number of hydrogen-bond donors (Lipinski definition) is 0. The summed E-state index contributed by atoms with van der Waals surface area (Å²) in [7, 11) is 1.66. The van der Waals surface area contributed by atoms with Gasteiger partial charge in [0.05, 0.1) is 7.11 Å². The maximum absolute atomic E-state index is 5.79. The molecule has 1 heterocycles. The lowest BCUT2D eigenvalue weighted by atomic mass is 10.0. The Balaban J connectivity index is 2.42. The number of hydrogen-bond acceptors (Lipinski definition) is 2. The fourth-order valence-corrected chi connectivity index (χ4v) is 1.48. The van der Waals surface area contributed by atoms with Gasteiger partial charge in [-0.1, -0.05) is 6.08 Å². The summed E-state index contributed by atoms with van der Waals surface area (Å²) < 4.78 is 10.9. The highest BCUT2D eigenvalue weighted by atomic mass is 16.5. The summed E-state index contributed by atoms with van der Waals surface area (Å²) in [5, 5.41) is 0. The van der Waals surface area contributed by atoms with Crippen molar-refractivity contribution >= 4 is 6.08 Å². The Kier molecular flexibility index (Phi) is 1.99. The van der Waals surface area contributed by atoms with E-state index in [9.17, 15) is 0 Å². The zero-order chi connectivity index (χ0) is 10.2. The van der Waals surface area contributed by atoms with Crippen LogP contribution in [0.2, 0.25) is 0 Å². The van der Waals surface area contributed by atoms with Gasteiger partial charge in [0.15, 0.2) is 0 Å². The minimum Gasteiger partial charge on any atom is -0.497 e. The van der Waals surface area contributed by atoms with Crippen molar-refractivity contribution in [1.29, 1.82) is 0 Å². The minimum absolute atomic E-state index is 0.223. The highest BCUT2D eigenvalue weighted by Crippen LogP contribution is 2.33. The molecule has 2 nitrogen and oxygen atoms in total. The van der Waals surface area contributed by atoms with Crippen molar-refractivity contribution in [2.45, 2.75) is 19.4 Å². The average Bonchev–Trinajstić information content (AvgIpc) is 2.15. The standard InChI is InChI=1S/C12H14O2/c1-12(2)7-6-9-4-5-10(13-3)8-11(9)14-12/h4-8H,1-3H3. The van der Waals surface area contributed by atoms with Crippen molar-refractivity contribution < 1.29 is 9.47 Å². The summed E-state index contributed by atoms with van der Waals surface area (Å²) in [6.07, 6.45) is 4.14. The van der Waals surface area contributed by atoms with Gasteiger partial charge in [-0.2, -0.15) is 0 Å². The molecule has 0 spiro atoms. The molecule has 0 aromatic heterocycles. The SMILES string of the molecule is COc1ccc2c(c1)OC(C)(C)C=C2. The molecule has 1 aliphatic heterocycles. The van der Waals surface area contributed by atoms with E-state index in [0.29, 0.717) is 0 Å². The maximum atomic E-state index is 5.79. The zero-order valence-electron chi connectivity index (χ0n) is 8.70. The van der Waals surface area contributed by atoms with E-state index in [2.05, 4.69) is 12.2 Å². The quantitative estimate of drug-likeness (QED) is 0.678. The second-order valence-corrected chi connectivity index (χ2v) is 3.94. The second kappa shape index (κ2) is 3.05. The summed E-state index contributed by atoms with van der Waals surface area (Å²) in [5.74, 6) is 1.71. The van der Waals surface area contributed by atoms with E-state index in [1.807, 2.05) is 32.0 Å². The lowest BCUT2D eigenvalue weighted by molar-refractivity contribution is 0.158. The third-order valence-corrected chi connectivity index (χ3v) is 2.26. The van der Waals surface area contributed by atoms with Gasteiger partial charge in [0, 0.05) is 11.6 Å². The van der Waals surface area contributed by atoms with Crippen LogP contribution in [0, 0.1) is 0 Å². The van der Waals surface area contributed by atoms with Gasteiger partial charge in [-0.05, 0) is 32.1 Å². The van der Waals surface area contributed by atoms with Gasteiger partial charge >= 0.3 is 0 Å². The Morgan fingerprint density at radius 1 is 1.29 bits per heavy atom. The third-order valence-electron chi connectivity index (χ3n) is 2.26. The van der Waals surface area contributed by atoms with Crippen LogP contribution in [-0.2, 0) is 0 Å². The number of ether oxygens (including phenoxy) is 2. The van der Waals surface area contributed by atoms with E-state index in [-0.39, 0.29) is 5.60 Å². The molecule has 0 amide bonds. The number of fused-ring (bicyclic) bond motifs is 1. The van der Waals surface area contributed by atoms with Crippen LogP contribution in [0.25, 0.3) is 6.08 Å². The molecule has 74 valence electrons. The fraction of sp³-hybridized carbons (Fsp3) is 0.333. The van der Waals surface area contributed by atoms with Crippen LogP contribution < -0.4 is 9.47 Å². The van der Waals surface area contributed by atoms with Crippen molar-refractivity contribution in [2.24, 2.45) is 0 Å². The van der Waals surface area contributed by atoms with Crippen molar-refractivity contribution in [3.05, 3.63) is 29.8 Å². The minimum atomic E-state index is -0.223. The van der Waals surface area contributed by atoms with E-state index in [0.717, 1.165) is 17.1 Å². The lowest BCUT2D eigenvalue weighted by Gasteiger charge is -2.27. The Hall–Kier alpha value is -1.44. The molecule has 1 aliphatic rings. The normalized spacial score (nSPS) is 17.1. The summed E-state index contributed by atoms with van der Waals surface area (Å²) in [6.45, 7) is 4.07. The van der Waals surface area contributed by atoms with Crippen molar-refractivity contribution in [3.8, 4) is 11.5 Å². The van der Waals surface area contributed by atoms with Crippen LogP contribution >= 0.6 is 0 Å². The van der Waals surface area contributed by atoms with Gasteiger partial charge in [0.1, 0.15) is 17.1 Å². The highest BCUT2D eigenvalue weighted by Gasteiger charge is 2.21. The Morgan fingerprint density at radius 2 is 2.07 bits per heavy atom. The van der Waals surface area contributed by atoms with Gasteiger partial charge in [-0.3, -0.25) is 0 Å². The third kappa shape index (κ3) is 1.60. The number of benzene rings is 1. The van der Waals surface area contributed by atoms with Crippen LogP contribution in [0.1, 0.15) is 19.4 Å². The summed E-state index contributed by atoms with van der Waals surface area (Å²) in [4.78, 5) is 0. The Labute approximate surface area is 84.2 Å². The van der Waals surface area contributed by atoms with Crippen LogP contribution in [0.4, 0.5) is 0 Å². The van der Waals surface area contributed by atoms with Crippen LogP contribution in [0.3, 0.4) is 0 Å². The van der Waals surface area contributed by atoms with Crippen LogP contribution in [0.15, 0.2) is 24.3 Å². The summed E-state index contributed by atoms with van der Waals surface area (Å²) >= 11 is 0. The second-order valence-electron chi connectivity index (χ2n) is 3.94. The molecule has 0 atom stereocenters. The molecule has 0 N–H and O–H groups in total. The van der Waals surface area contributed by atoms with Crippen molar-refractivity contribution in [3.63, 3.8) is 0 Å². The molecule has 2 rings (SSSR count). The first-order valence-corrected chi connectivity index (χ1v) is 4.67. The first kappa shape index (κ1) is 9.13. The first-order valence-electron chi connectivity index (χ1n) is 4.67. The molecule has 0 saturated carbocycles. The van der Waals surface area contributed by atoms with Crippen LogP contribution in [0.5, 0.6) is 11.5 Å². The highest BCUT2D eigenvalue weighted by molar-refractivity contribution is 5.62. The molecule has 0 radical (unpaired) electrons. The van der Waals surface area contributed by atoms with Gasteiger partial charge in [-0.15, -0.1) is 0 Å². The largest absolute Gasteiger partial charge is 0.497 e. The zero-order valence-corrected chi connectivity index (χ0v) is 8.70. The molecular weight excluding hydrogens is 176 g/mol. The first-order chi connectivity index (χ1) is 6.61. The predicted octanol–water partition coefficient (Wildman–Crippen LogP) is 2.88. The smallest absolute Gasteiger partial charge is 0.131 e. The number of methoxy groups -OCH3 is 1. The number of rotatable bonds is 1. The molecule has 1 aromatic carbocycles. The molecule has 2 heteroatoms.